The molecule has 8 heteroatoms. The lowest BCUT2D eigenvalue weighted by Gasteiger charge is -2.12. The van der Waals surface area contributed by atoms with E-state index in [1.54, 1.807) is 0 Å². The van der Waals surface area contributed by atoms with Gasteiger partial charge in [-0.2, -0.15) is 0 Å². The maximum atomic E-state index is 12.4. The number of aryl methyl sites for hydroxylation is 1. The summed E-state index contributed by atoms with van der Waals surface area (Å²) < 4.78 is 5.13. The third-order valence-corrected chi connectivity index (χ3v) is 4.55. The zero-order valence-electron chi connectivity index (χ0n) is 13.9. The number of rotatable bonds is 7. The first-order valence-corrected chi connectivity index (χ1v) is 8.69. The number of hydrogen-bond donors (Lipinski definition) is 1. The Hall–Kier alpha value is -2.61. The maximum absolute atomic E-state index is 12.4. The lowest BCUT2D eigenvalue weighted by molar-refractivity contribution is -0.389. The van der Waals surface area contributed by atoms with Crippen molar-refractivity contribution in [1.82, 2.24) is 4.98 Å². The number of thioether (sulfide) groups is 1. The second kappa shape index (κ2) is 8.48. The van der Waals surface area contributed by atoms with Gasteiger partial charge in [0, 0.05) is 11.4 Å². The number of esters is 1. The summed E-state index contributed by atoms with van der Waals surface area (Å²) in [5, 5.41) is 11.4. The number of benzene rings is 1. The third kappa shape index (κ3) is 4.48. The van der Waals surface area contributed by atoms with E-state index in [-0.39, 0.29) is 22.8 Å². The highest BCUT2D eigenvalue weighted by molar-refractivity contribution is 7.98. The molecular weight excluding hydrogens is 344 g/mol. The molecule has 0 atom stereocenters. The van der Waals surface area contributed by atoms with Crippen molar-refractivity contribution in [1.29, 1.82) is 0 Å². The Bertz CT molecular complexity index is 833. The Morgan fingerprint density at radius 3 is 2.60 bits per heavy atom. The van der Waals surface area contributed by atoms with Gasteiger partial charge < -0.3 is 9.72 Å². The lowest BCUT2D eigenvalue weighted by atomic mass is 10.2. The molecule has 1 N–H and O–H groups in total. The van der Waals surface area contributed by atoms with E-state index in [1.165, 1.54) is 6.92 Å². The smallest absolute Gasteiger partial charge is 0.348 e. The molecule has 2 aromatic rings. The Kier molecular flexibility index (Phi) is 6.35. The molecule has 1 heterocycles. The SMILES string of the molecule is CCCOC(=O)c1c(C)[nH]c(=O)c([N+](=O)[O-])c1SCc1ccccc1. The average Bonchev–Trinajstić information content (AvgIpc) is 2.58. The number of nitro groups is 1. The first-order chi connectivity index (χ1) is 12.0. The monoisotopic (exact) mass is 362 g/mol. The van der Waals surface area contributed by atoms with Gasteiger partial charge in [0.1, 0.15) is 4.90 Å². The van der Waals surface area contributed by atoms with Crippen LogP contribution in [0.25, 0.3) is 0 Å². The molecule has 0 unspecified atom stereocenters. The number of hydrogen-bond acceptors (Lipinski definition) is 6. The molecule has 0 aliphatic carbocycles. The Morgan fingerprint density at radius 1 is 1.32 bits per heavy atom. The second-order valence-corrected chi connectivity index (χ2v) is 6.28. The van der Waals surface area contributed by atoms with Gasteiger partial charge >= 0.3 is 17.2 Å². The van der Waals surface area contributed by atoms with E-state index in [2.05, 4.69) is 4.98 Å². The summed E-state index contributed by atoms with van der Waals surface area (Å²) in [6.45, 7) is 3.58. The molecule has 0 amide bonds. The van der Waals surface area contributed by atoms with Crippen LogP contribution in [-0.2, 0) is 10.5 Å². The molecule has 7 nitrogen and oxygen atoms in total. The topological polar surface area (TPSA) is 102 Å². The molecular formula is C17H18N2O5S. The largest absolute Gasteiger partial charge is 0.462 e. The van der Waals surface area contributed by atoms with Crippen molar-refractivity contribution < 1.29 is 14.5 Å². The summed E-state index contributed by atoms with van der Waals surface area (Å²) >= 11 is 1.08. The van der Waals surface area contributed by atoms with Gasteiger partial charge in [-0.1, -0.05) is 37.3 Å². The molecule has 25 heavy (non-hydrogen) atoms. The van der Waals surface area contributed by atoms with Crippen LogP contribution >= 0.6 is 11.8 Å². The zero-order valence-corrected chi connectivity index (χ0v) is 14.7. The fourth-order valence-electron chi connectivity index (χ4n) is 2.23. The summed E-state index contributed by atoms with van der Waals surface area (Å²) in [4.78, 5) is 37.4. The number of carbonyl (C=O) groups excluding carboxylic acids is 1. The third-order valence-electron chi connectivity index (χ3n) is 3.38. The molecule has 1 aromatic heterocycles. The number of nitrogens with zero attached hydrogens (tertiary/aromatic N) is 1. The van der Waals surface area contributed by atoms with E-state index in [9.17, 15) is 19.7 Å². The van der Waals surface area contributed by atoms with Gasteiger partial charge in [0.25, 0.3) is 0 Å². The number of H-pyrrole nitrogens is 1. The predicted molar refractivity (Wildman–Crippen MR) is 95.0 cm³/mol. The summed E-state index contributed by atoms with van der Waals surface area (Å²) in [5.74, 6) is -0.284. The first-order valence-electron chi connectivity index (χ1n) is 7.70. The summed E-state index contributed by atoms with van der Waals surface area (Å²) in [6, 6.07) is 9.30. The Morgan fingerprint density at radius 2 is 2.00 bits per heavy atom. The van der Waals surface area contributed by atoms with E-state index in [0.717, 1.165) is 17.3 Å². The van der Waals surface area contributed by atoms with Gasteiger partial charge in [-0.05, 0) is 18.9 Å². The number of nitrogens with one attached hydrogen (secondary N) is 1. The van der Waals surface area contributed by atoms with E-state index < -0.39 is 22.1 Å². The van der Waals surface area contributed by atoms with Gasteiger partial charge in [-0.25, -0.2) is 4.79 Å². The van der Waals surface area contributed by atoms with Crippen LogP contribution in [-0.4, -0.2) is 22.5 Å². The quantitative estimate of drug-likeness (QED) is 0.350. The molecule has 0 saturated heterocycles. The van der Waals surface area contributed by atoms with Crippen LogP contribution in [0.15, 0.2) is 40.0 Å². The molecule has 1 aromatic carbocycles. The van der Waals surface area contributed by atoms with Gasteiger partial charge in [-0.3, -0.25) is 14.9 Å². The molecule has 0 bridgehead atoms. The van der Waals surface area contributed by atoms with Crippen LogP contribution in [0.5, 0.6) is 0 Å². The Labute approximate surface area is 148 Å². The molecule has 2 rings (SSSR count). The van der Waals surface area contributed by atoms with Gasteiger partial charge in [0.15, 0.2) is 0 Å². The van der Waals surface area contributed by atoms with E-state index in [0.29, 0.717) is 12.2 Å². The van der Waals surface area contributed by atoms with Gasteiger partial charge in [0.05, 0.1) is 17.1 Å². The van der Waals surface area contributed by atoms with Crippen molar-refractivity contribution in [2.75, 3.05) is 6.61 Å². The van der Waals surface area contributed by atoms with Crippen LogP contribution in [0.3, 0.4) is 0 Å². The number of pyridine rings is 1. The van der Waals surface area contributed by atoms with Crippen molar-refractivity contribution in [3.63, 3.8) is 0 Å². The van der Waals surface area contributed by atoms with Crippen molar-refractivity contribution in [2.45, 2.75) is 30.9 Å². The minimum Gasteiger partial charge on any atom is -0.462 e. The van der Waals surface area contributed by atoms with Crippen molar-refractivity contribution in [2.24, 2.45) is 0 Å². The molecule has 0 saturated carbocycles. The van der Waals surface area contributed by atoms with Gasteiger partial charge in [0.2, 0.25) is 0 Å². The molecule has 0 fully saturated rings. The summed E-state index contributed by atoms with van der Waals surface area (Å²) in [7, 11) is 0. The van der Waals surface area contributed by atoms with Crippen molar-refractivity contribution in [3.8, 4) is 0 Å². The van der Waals surface area contributed by atoms with Crippen LogP contribution in [0.4, 0.5) is 5.69 Å². The number of aromatic amines is 1. The minimum absolute atomic E-state index is 0.0382. The number of aromatic nitrogens is 1. The molecule has 0 radical (unpaired) electrons. The highest BCUT2D eigenvalue weighted by Crippen LogP contribution is 2.33. The average molecular weight is 362 g/mol. The summed E-state index contributed by atoms with van der Waals surface area (Å²) in [5.41, 5.74) is -0.236. The molecule has 0 spiro atoms. The normalized spacial score (nSPS) is 10.5. The van der Waals surface area contributed by atoms with Crippen LogP contribution in [0.1, 0.15) is 35.0 Å². The number of ether oxygens (including phenoxy) is 1. The summed E-state index contributed by atoms with van der Waals surface area (Å²) in [6.07, 6.45) is 0.628. The van der Waals surface area contributed by atoms with E-state index >= 15 is 0 Å². The van der Waals surface area contributed by atoms with Crippen LogP contribution in [0, 0.1) is 17.0 Å². The van der Waals surface area contributed by atoms with E-state index in [4.69, 9.17) is 4.74 Å². The lowest BCUT2D eigenvalue weighted by Crippen LogP contribution is -2.20. The highest BCUT2D eigenvalue weighted by Gasteiger charge is 2.29. The van der Waals surface area contributed by atoms with Crippen molar-refractivity contribution in [3.05, 3.63) is 67.6 Å². The Balaban J connectivity index is 2.49. The van der Waals surface area contributed by atoms with Gasteiger partial charge in [-0.15, -0.1) is 11.8 Å². The molecule has 0 aliphatic rings. The maximum Gasteiger partial charge on any atom is 0.348 e. The first kappa shape index (κ1) is 18.7. The standard InChI is InChI=1S/C17H18N2O5S/c1-3-9-24-17(21)13-11(2)18-16(20)14(19(22)23)15(13)25-10-12-7-5-4-6-8-12/h4-8H,3,9-10H2,1-2H3,(H,18,20). The highest BCUT2D eigenvalue weighted by atomic mass is 32.2. The molecule has 132 valence electrons. The fraction of sp³-hybridized carbons (Fsp3) is 0.294. The van der Waals surface area contributed by atoms with E-state index in [1.807, 2.05) is 37.3 Å². The molecule has 0 aliphatic heterocycles. The zero-order chi connectivity index (χ0) is 18.4. The minimum atomic E-state index is -0.829. The van der Waals surface area contributed by atoms with Crippen LogP contribution in [0.2, 0.25) is 0 Å². The van der Waals surface area contributed by atoms with Crippen molar-refractivity contribution >= 4 is 23.4 Å². The fourth-order valence-corrected chi connectivity index (χ4v) is 3.42. The second-order valence-electron chi connectivity index (χ2n) is 5.30. The number of carbonyl (C=O) groups is 1. The van der Waals surface area contributed by atoms with Crippen LogP contribution < -0.4 is 5.56 Å². The predicted octanol–water partition coefficient (Wildman–Crippen LogP) is 3.45.